The van der Waals surface area contributed by atoms with Gasteiger partial charge in [0.25, 0.3) is 0 Å². The van der Waals surface area contributed by atoms with Gasteiger partial charge in [-0.05, 0) is 44.4 Å². The summed E-state index contributed by atoms with van der Waals surface area (Å²) in [5, 5.41) is 21.9. The highest BCUT2D eigenvalue weighted by Crippen LogP contribution is 2.23. The Morgan fingerprint density at radius 2 is 2.17 bits per heavy atom. The molecule has 128 valence electrons. The van der Waals surface area contributed by atoms with Crippen molar-refractivity contribution in [3.8, 4) is 5.75 Å². The van der Waals surface area contributed by atoms with Crippen molar-refractivity contribution in [3.63, 3.8) is 0 Å². The molecule has 3 N–H and O–H groups in total. The highest BCUT2D eigenvalue weighted by Gasteiger charge is 2.30. The highest BCUT2D eigenvalue weighted by molar-refractivity contribution is 5.81. The number of phenols is 1. The maximum absolute atomic E-state index is 12.3. The van der Waals surface area contributed by atoms with E-state index in [1.54, 1.807) is 26.0 Å². The second kappa shape index (κ2) is 7.77. The number of hydrogen-bond acceptors (Lipinski definition) is 5. The number of amides is 1. The fourth-order valence-corrected chi connectivity index (χ4v) is 2.51. The number of aliphatic hydroxyl groups is 1. The Morgan fingerprint density at radius 3 is 2.74 bits per heavy atom. The van der Waals surface area contributed by atoms with Gasteiger partial charge in [-0.25, -0.2) is 0 Å². The summed E-state index contributed by atoms with van der Waals surface area (Å²) in [6.07, 6.45) is 1.41. The Balaban J connectivity index is 1.93. The van der Waals surface area contributed by atoms with Crippen molar-refractivity contribution in [1.82, 2.24) is 5.32 Å². The van der Waals surface area contributed by atoms with Crippen LogP contribution in [-0.4, -0.2) is 48.1 Å². The van der Waals surface area contributed by atoms with Crippen LogP contribution in [0.1, 0.15) is 32.3 Å². The predicted molar refractivity (Wildman–Crippen MR) is 85.1 cm³/mol. The van der Waals surface area contributed by atoms with Crippen LogP contribution in [0, 0.1) is 0 Å². The summed E-state index contributed by atoms with van der Waals surface area (Å²) in [7, 11) is 0. The van der Waals surface area contributed by atoms with Gasteiger partial charge >= 0.3 is 0 Å². The van der Waals surface area contributed by atoms with E-state index in [1.807, 2.05) is 0 Å². The molecule has 6 nitrogen and oxygen atoms in total. The largest absolute Gasteiger partial charge is 0.508 e. The maximum Gasteiger partial charge on any atom is 0.249 e. The minimum Gasteiger partial charge on any atom is -0.508 e. The van der Waals surface area contributed by atoms with Crippen LogP contribution in [0.4, 0.5) is 0 Å². The molecule has 1 aromatic carbocycles. The van der Waals surface area contributed by atoms with Gasteiger partial charge in [0, 0.05) is 6.61 Å². The molecule has 0 saturated carbocycles. The monoisotopic (exact) mass is 323 g/mol. The van der Waals surface area contributed by atoms with Gasteiger partial charge in [0.2, 0.25) is 5.91 Å². The Hall–Kier alpha value is -1.63. The van der Waals surface area contributed by atoms with Crippen LogP contribution in [-0.2, 0) is 19.8 Å². The molecule has 1 amide bonds. The second-order valence-electron chi connectivity index (χ2n) is 6.14. The van der Waals surface area contributed by atoms with Gasteiger partial charge in [0.05, 0.1) is 24.9 Å². The van der Waals surface area contributed by atoms with Crippen LogP contribution < -0.4 is 5.32 Å². The van der Waals surface area contributed by atoms with Gasteiger partial charge in [-0.3, -0.25) is 4.79 Å². The van der Waals surface area contributed by atoms with Gasteiger partial charge in [-0.15, -0.1) is 0 Å². The molecule has 1 saturated heterocycles. The van der Waals surface area contributed by atoms with E-state index in [9.17, 15) is 15.0 Å². The SMILES string of the molecule is CC(OCC1CCCO1)C(=O)NC(C)(CO)c1ccc(O)cc1. The van der Waals surface area contributed by atoms with Crippen molar-refractivity contribution >= 4 is 5.91 Å². The Labute approximate surface area is 136 Å². The first-order valence-corrected chi connectivity index (χ1v) is 7.90. The molecule has 0 radical (unpaired) electrons. The van der Waals surface area contributed by atoms with Crippen LogP contribution in [0.25, 0.3) is 0 Å². The van der Waals surface area contributed by atoms with Gasteiger partial charge in [-0.1, -0.05) is 12.1 Å². The van der Waals surface area contributed by atoms with E-state index in [0.29, 0.717) is 12.2 Å². The van der Waals surface area contributed by atoms with Crippen molar-refractivity contribution in [2.24, 2.45) is 0 Å². The third-order valence-corrected chi connectivity index (χ3v) is 4.15. The standard InChI is InChI=1S/C17H25NO5/c1-12(23-10-15-4-3-9-22-15)16(21)18-17(2,11-19)13-5-7-14(20)8-6-13/h5-8,12,15,19-20H,3-4,9-11H2,1-2H3,(H,18,21). The lowest BCUT2D eigenvalue weighted by atomic mass is 9.92. The molecule has 6 heteroatoms. The van der Waals surface area contributed by atoms with Gasteiger partial charge < -0.3 is 25.0 Å². The van der Waals surface area contributed by atoms with E-state index >= 15 is 0 Å². The summed E-state index contributed by atoms with van der Waals surface area (Å²) in [6.45, 7) is 4.28. The summed E-state index contributed by atoms with van der Waals surface area (Å²) >= 11 is 0. The summed E-state index contributed by atoms with van der Waals surface area (Å²) in [5.74, 6) is -0.166. The molecule has 1 aromatic rings. The van der Waals surface area contributed by atoms with Crippen molar-refractivity contribution in [2.45, 2.75) is 44.4 Å². The molecule has 0 aliphatic carbocycles. The van der Waals surface area contributed by atoms with E-state index in [1.165, 1.54) is 12.1 Å². The molecule has 0 bridgehead atoms. The van der Waals surface area contributed by atoms with Crippen LogP contribution in [0.15, 0.2) is 24.3 Å². The average Bonchev–Trinajstić information content (AvgIpc) is 3.06. The Kier molecular flexibility index (Phi) is 5.98. The van der Waals surface area contributed by atoms with Crippen molar-refractivity contribution in [2.75, 3.05) is 19.8 Å². The van der Waals surface area contributed by atoms with Gasteiger partial charge in [0.15, 0.2) is 0 Å². The number of carbonyl (C=O) groups excluding carboxylic acids is 1. The number of rotatable bonds is 7. The highest BCUT2D eigenvalue weighted by atomic mass is 16.5. The zero-order chi connectivity index (χ0) is 16.9. The number of aliphatic hydroxyl groups excluding tert-OH is 1. The molecular formula is C17H25NO5. The summed E-state index contributed by atoms with van der Waals surface area (Å²) in [6, 6.07) is 6.38. The van der Waals surface area contributed by atoms with Crippen molar-refractivity contribution in [3.05, 3.63) is 29.8 Å². The van der Waals surface area contributed by atoms with Gasteiger partial charge in [-0.2, -0.15) is 0 Å². The van der Waals surface area contributed by atoms with Crippen molar-refractivity contribution < 1.29 is 24.5 Å². The lowest BCUT2D eigenvalue weighted by Crippen LogP contribution is -2.50. The molecule has 1 fully saturated rings. The van der Waals surface area contributed by atoms with Crippen LogP contribution in [0.3, 0.4) is 0 Å². The number of benzene rings is 1. The van der Waals surface area contributed by atoms with E-state index in [2.05, 4.69) is 5.32 Å². The first-order chi connectivity index (χ1) is 10.9. The number of aromatic hydroxyl groups is 1. The third kappa shape index (κ3) is 4.67. The molecule has 23 heavy (non-hydrogen) atoms. The number of ether oxygens (including phenoxy) is 2. The smallest absolute Gasteiger partial charge is 0.249 e. The topological polar surface area (TPSA) is 88.0 Å². The van der Waals surface area contributed by atoms with E-state index in [4.69, 9.17) is 9.47 Å². The first-order valence-electron chi connectivity index (χ1n) is 7.90. The third-order valence-electron chi connectivity index (χ3n) is 4.15. The minimum absolute atomic E-state index is 0.0616. The summed E-state index contributed by atoms with van der Waals surface area (Å²) < 4.78 is 11.0. The number of phenolic OH excluding ortho intramolecular Hbond substituents is 1. The summed E-state index contributed by atoms with van der Waals surface area (Å²) in [5.41, 5.74) is -0.232. The van der Waals surface area contributed by atoms with Crippen LogP contribution >= 0.6 is 0 Å². The summed E-state index contributed by atoms with van der Waals surface area (Å²) in [4.78, 5) is 12.3. The molecule has 2 rings (SSSR count). The molecule has 0 aromatic heterocycles. The fraction of sp³-hybridized carbons (Fsp3) is 0.588. The molecule has 3 atom stereocenters. The van der Waals surface area contributed by atoms with Gasteiger partial charge in [0.1, 0.15) is 11.9 Å². The number of carbonyl (C=O) groups is 1. The first kappa shape index (κ1) is 17.7. The van der Waals surface area contributed by atoms with Crippen LogP contribution in [0.5, 0.6) is 5.75 Å². The zero-order valence-electron chi connectivity index (χ0n) is 13.6. The van der Waals surface area contributed by atoms with Crippen LogP contribution in [0.2, 0.25) is 0 Å². The normalized spacial score (nSPS) is 21.6. The van der Waals surface area contributed by atoms with E-state index in [0.717, 1.165) is 19.4 Å². The predicted octanol–water partition coefficient (Wildman–Crippen LogP) is 1.30. The molecular weight excluding hydrogens is 298 g/mol. The minimum atomic E-state index is -0.938. The molecule has 1 aliphatic rings. The van der Waals surface area contributed by atoms with E-state index < -0.39 is 11.6 Å². The van der Waals surface area contributed by atoms with E-state index in [-0.39, 0.29) is 24.4 Å². The lowest BCUT2D eigenvalue weighted by Gasteiger charge is -2.31. The average molecular weight is 323 g/mol. The molecule has 1 aliphatic heterocycles. The quantitative estimate of drug-likeness (QED) is 0.704. The second-order valence-corrected chi connectivity index (χ2v) is 6.14. The Bertz CT molecular complexity index is 512. The number of hydrogen-bond donors (Lipinski definition) is 3. The fourth-order valence-electron chi connectivity index (χ4n) is 2.51. The molecule has 1 heterocycles. The lowest BCUT2D eigenvalue weighted by molar-refractivity contribution is -0.136. The Morgan fingerprint density at radius 1 is 1.48 bits per heavy atom. The number of nitrogens with one attached hydrogen (secondary N) is 1. The molecule has 3 unspecified atom stereocenters. The molecule has 0 spiro atoms. The maximum atomic E-state index is 12.3. The zero-order valence-corrected chi connectivity index (χ0v) is 13.6. The van der Waals surface area contributed by atoms with Crippen molar-refractivity contribution in [1.29, 1.82) is 0 Å².